The molecular weight excluding hydrogens is 200 g/mol. The van der Waals surface area contributed by atoms with Gasteiger partial charge in [0.1, 0.15) is 0 Å². The van der Waals surface area contributed by atoms with Crippen LogP contribution in [-0.2, 0) is 4.74 Å². The largest absolute Gasteiger partial charge is 0.366 e. The summed E-state index contributed by atoms with van der Waals surface area (Å²) in [5.41, 5.74) is 0.875. The Bertz CT molecular complexity index is 258. The molecule has 0 bridgehead atoms. The van der Waals surface area contributed by atoms with Crippen molar-refractivity contribution in [1.29, 1.82) is 0 Å². The van der Waals surface area contributed by atoms with Gasteiger partial charge in [-0.3, -0.25) is 0 Å². The first-order valence-corrected chi connectivity index (χ1v) is 10.1. The molecule has 0 aromatic heterocycles. The first kappa shape index (κ1) is 11.7. The smallest absolute Gasteiger partial charge is 0.0920 e. The van der Waals surface area contributed by atoms with E-state index in [4.69, 9.17) is 4.74 Å². The van der Waals surface area contributed by atoms with Gasteiger partial charge in [0.25, 0.3) is 0 Å². The molecule has 1 saturated heterocycles. The monoisotopic (exact) mass is 226 g/mol. The van der Waals surface area contributed by atoms with Crippen molar-refractivity contribution < 1.29 is 4.74 Å². The molecule has 1 nitrogen and oxygen atoms in total. The summed E-state index contributed by atoms with van der Waals surface area (Å²) in [5.74, 6) is 0. The maximum absolute atomic E-state index is 5.80. The maximum Gasteiger partial charge on any atom is 0.0920 e. The fourth-order valence-electron chi connectivity index (χ4n) is 2.77. The number of hydrogen-bond acceptors (Lipinski definition) is 1. The highest BCUT2D eigenvalue weighted by Crippen LogP contribution is 2.55. The topological polar surface area (TPSA) is 12.5 Å². The van der Waals surface area contributed by atoms with Crippen LogP contribution in [0.25, 0.3) is 0 Å². The van der Waals surface area contributed by atoms with Crippen molar-refractivity contribution in [3.05, 3.63) is 0 Å². The molecule has 15 heavy (non-hydrogen) atoms. The minimum atomic E-state index is -0.856. The van der Waals surface area contributed by atoms with E-state index in [1.807, 2.05) is 0 Å². The van der Waals surface area contributed by atoms with Gasteiger partial charge in [-0.15, -0.1) is 0 Å². The highest BCUT2D eigenvalue weighted by molar-refractivity contribution is 6.76. The molecule has 2 fully saturated rings. The number of ether oxygens (including phenoxy) is 1. The maximum atomic E-state index is 5.80. The van der Waals surface area contributed by atoms with E-state index in [0.717, 1.165) is 0 Å². The first-order chi connectivity index (χ1) is 6.73. The van der Waals surface area contributed by atoms with Crippen LogP contribution in [0.1, 0.15) is 39.5 Å². The molecule has 2 heteroatoms. The van der Waals surface area contributed by atoms with Crippen LogP contribution in [0.15, 0.2) is 0 Å². The van der Waals surface area contributed by atoms with Gasteiger partial charge in [0.2, 0.25) is 0 Å². The predicted octanol–water partition coefficient (Wildman–Crippen LogP) is 4.06. The van der Waals surface area contributed by atoms with Crippen LogP contribution in [0.5, 0.6) is 0 Å². The van der Waals surface area contributed by atoms with E-state index >= 15 is 0 Å². The van der Waals surface area contributed by atoms with E-state index in [0.29, 0.717) is 17.1 Å². The first-order valence-electron chi connectivity index (χ1n) is 6.40. The number of rotatable bonds is 3. The third-order valence-electron chi connectivity index (χ3n) is 4.42. The second-order valence-electron chi connectivity index (χ2n) is 7.49. The molecule has 0 spiro atoms. The molecule has 0 N–H and O–H groups in total. The van der Waals surface area contributed by atoms with E-state index < -0.39 is 8.07 Å². The van der Waals surface area contributed by atoms with Crippen LogP contribution in [0.2, 0.25) is 25.7 Å². The molecule has 0 aromatic carbocycles. The molecule has 0 amide bonds. The van der Waals surface area contributed by atoms with Gasteiger partial charge in [0, 0.05) is 8.07 Å². The molecule has 3 unspecified atom stereocenters. The number of hydrogen-bond donors (Lipinski definition) is 0. The molecule has 2 rings (SSSR count). The van der Waals surface area contributed by atoms with Crippen molar-refractivity contribution in [3.8, 4) is 0 Å². The second-order valence-corrected chi connectivity index (χ2v) is 13.1. The molecule has 3 atom stereocenters. The van der Waals surface area contributed by atoms with Crippen molar-refractivity contribution >= 4 is 8.07 Å². The SMILES string of the molecule is CC1(CC[Si](C)(C)C)CCC2(C)OC2C1. The zero-order chi connectivity index (χ0) is 11.3. The van der Waals surface area contributed by atoms with Gasteiger partial charge in [-0.2, -0.15) is 0 Å². The molecule has 1 aliphatic carbocycles. The molecule has 1 aliphatic heterocycles. The van der Waals surface area contributed by atoms with E-state index in [-0.39, 0.29) is 0 Å². The zero-order valence-electron chi connectivity index (χ0n) is 11.0. The average Bonchev–Trinajstić information content (AvgIpc) is 2.72. The van der Waals surface area contributed by atoms with E-state index in [2.05, 4.69) is 33.5 Å². The lowest BCUT2D eigenvalue weighted by Gasteiger charge is -2.35. The fourth-order valence-corrected chi connectivity index (χ4v) is 4.13. The predicted molar refractivity (Wildman–Crippen MR) is 68.0 cm³/mol. The third kappa shape index (κ3) is 2.65. The van der Waals surface area contributed by atoms with Gasteiger partial charge in [0.05, 0.1) is 11.7 Å². The van der Waals surface area contributed by atoms with Gasteiger partial charge in [-0.25, -0.2) is 0 Å². The Morgan fingerprint density at radius 1 is 1.20 bits per heavy atom. The Kier molecular flexibility index (Phi) is 2.59. The van der Waals surface area contributed by atoms with Gasteiger partial charge >= 0.3 is 0 Å². The zero-order valence-corrected chi connectivity index (χ0v) is 12.0. The Balaban J connectivity index is 1.86. The van der Waals surface area contributed by atoms with Crippen molar-refractivity contribution in [3.63, 3.8) is 0 Å². The Morgan fingerprint density at radius 2 is 1.87 bits per heavy atom. The molecule has 2 aliphatic rings. The Morgan fingerprint density at radius 3 is 2.40 bits per heavy atom. The summed E-state index contributed by atoms with van der Waals surface area (Å²) in [7, 11) is -0.856. The normalized spacial score (nSPS) is 45.0. The quantitative estimate of drug-likeness (QED) is 0.522. The number of epoxide rings is 1. The molecule has 88 valence electrons. The minimum absolute atomic E-state index is 0.290. The van der Waals surface area contributed by atoms with Crippen molar-refractivity contribution in [1.82, 2.24) is 0 Å². The Hall–Kier alpha value is 0.177. The van der Waals surface area contributed by atoms with Crippen LogP contribution in [0.3, 0.4) is 0 Å². The van der Waals surface area contributed by atoms with Gasteiger partial charge in [-0.1, -0.05) is 39.0 Å². The van der Waals surface area contributed by atoms with E-state index in [1.165, 1.54) is 31.7 Å². The molecule has 1 saturated carbocycles. The summed E-state index contributed by atoms with van der Waals surface area (Å²) >= 11 is 0. The summed E-state index contributed by atoms with van der Waals surface area (Å²) in [6.07, 6.45) is 6.01. The van der Waals surface area contributed by atoms with Crippen LogP contribution < -0.4 is 0 Å². The van der Waals surface area contributed by atoms with E-state index in [9.17, 15) is 0 Å². The summed E-state index contributed by atoms with van der Waals surface area (Å²) in [6.45, 7) is 12.2. The minimum Gasteiger partial charge on any atom is -0.366 e. The summed E-state index contributed by atoms with van der Waals surface area (Å²) in [4.78, 5) is 0. The summed E-state index contributed by atoms with van der Waals surface area (Å²) in [5, 5.41) is 0. The second kappa shape index (κ2) is 3.33. The van der Waals surface area contributed by atoms with Crippen LogP contribution in [-0.4, -0.2) is 19.8 Å². The number of fused-ring (bicyclic) bond motifs is 1. The van der Waals surface area contributed by atoms with Gasteiger partial charge < -0.3 is 4.74 Å². The van der Waals surface area contributed by atoms with Gasteiger partial charge in [0.15, 0.2) is 0 Å². The average molecular weight is 226 g/mol. The standard InChI is InChI=1S/C13H26OSi/c1-12(8-9-15(3,4)5)6-7-13(2)11(10-12)14-13/h11H,6-10H2,1-5H3. The fraction of sp³-hybridized carbons (Fsp3) is 1.00. The van der Waals surface area contributed by atoms with Crippen molar-refractivity contribution in [2.75, 3.05) is 0 Å². The lowest BCUT2D eigenvalue weighted by molar-refractivity contribution is 0.210. The highest BCUT2D eigenvalue weighted by atomic mass is 28.3. The highest BCUT2D eigenvalue weighted by Gasteiger charge is 2.57. The molecular formula is C13H26OSi. The van der Waals surface area contributed by atoms with Crippen molar-refractivity contribution in [2.24, 2.45) is 5.41 Å². The van der Waals surface area contributed by atoms with Crippen molar-refractivity contribution in [2.45, 2.75) is 76.9 Å². The lowest BCUT2D eigenvalue weighted by Crippen LogP contribution is -2.31. The summed E-state index contributed by atoms with van der Waals surface area (Å²) in [6, 6.07) is 1.48. The third-order valence-corrected chi connectivity index (χ3v) is 6.17. The molecule has 0 radical (unpaired) electrons. The van der Waals surface area contributed by atoms with Crippen LogP contribution in [0.4, 0.5) is 0 Å². The molecule has 1 heterocycles. The van der Waals surface area contributed by atoms with Crippen LogP contribution in [0, 0.1) is 5.41 Å². The lowest BCUT2D eigenvalue weighted by atomic mass is 9.71. The molecule has 0 aromatic rings. The van der Waals surface area contributed by atoms with Gasteiger partial charge in [-0.05, 0) is 31.6 Å². The summed E-state index contributed by atoms with van der Waals surface area (Å²) < 4.78 is 5.80. The van der Waals surface area contributed by atoms with E-state index in [1.54, 1.807) is 0 Å². The van der Waals surface area contributed by atoms with Crippen LogP contribution >= 0.6 is 0 Å². The Labute approximate surface area is 95.6 Å².